The first kappa shape index (κ1) is 12.2. The molecule has 2 atom stereocenters. The van der Waals surface area contributed by atoms with Gasteiger partial charge in [0.2, 0.25) is 0 Å². The quantitative estimate of drug-likeness (QED) is 0.791. The number of rotatable bonds is 3. The van der Waals surface area contributed by atoms with Crippen molar-refractivity contribution in [3.63, 3.8) is 0 Å². The Balaban J connectivity index is 2.05. The summed E-state index contributed by atoms with van der Waals surface area (Å²) in [4.78, 5) is 0. The Labute approximate surface area is 103 Å². The molecular formula is C14H22N2O. The molecule has 0 aromatic heterocycles. The standard InChI is InChI=1S/C14H22N2O/c1-9-5-6-10(7-11(9)15)16-12-8-13(17-4)14(12,2)3/h5-7,12-13,16H,8,15H2,1-4H3. The number of aryl methyl sites for hydroxylation is 1. The number of hydrogen-bond donors (Lipinski definition) is 2. The molecule has 1 saturated carbocycles. The smallest absolute Gasteiger partial charge is 0.0661 e. The van der Waals surface area contributed by atoms with Crippen molar-refractivity contribution in [2.24, 2.45) is 5.41 Å². The largest absolute Gasteiger partial charge is 0.398 e. The van der Waals surface area contributed by atoms with Crippen LogP contribution in [-0.4, -0.2) is 19.3 Å². The van der Waals surface area contributed by atoms with Gasteiger partial charge >= 0.3 is 0 Å². The SMILES string of the molecule is COC1CC(Nc2ccc(C)c(N)c2)C1(C)C. The first-order valence-corrected chi connectivity index (χ1v) is 6.10. The van der Waals surface area contributed by atoms with E-state index in [2.05, 4.69) is 31.3 Å². The molecule has 1 fully saturated rings. The van der Waals surface area contributed by atoms with Crippen LogP contribution in [0.25, 0.3) is 0 Å². The summed E-state index contributed by atoms with van der Waals surface area (Å²) in [5.74, 6) is 0. The van der Waals surface area contributed by atoms with Gasteiger partial charge in [0.1, 0.15) is 0 Å². The minimum Gasteiger partial charge on any atom is -0.398 e. The summed E-state index contributed by atoms with van der Waals surface area (Å²) in [6.45, 7) is 6.49. The molecule has 2 unspecified atom stereocenters. The predicted molar refractivity (Wildman–Crippen MR) is 72.2 cm³/mol. The van der Waals surface area contributed by atoms with E-state index >= 15 is 0 Å². The van der Waals surface area contributed by atoms with Crippen LogP contribution in [0.5, 0.6) is 0 Å². The van der Waals surface area contributed by atoms with Gasteiger partial charge in [-0.15, -0.1) is 0 Å². The number of nitrogens with one attached hydrogen (secondary N) is 1. The lowest BCUT2D eigenvalue weighted by Crippen LogP contribution is -2.57. The Morgan fingerprint density at radius 1 is 1.41 bits per heavy atom. The second-order valence-electron chi connectivity index (χ2n) is 5.55. The summed E-state index contributed by atoms with van der Waals surface area (Å²) in [5, 5.41) is 3.54. The van der Waals surface area contributed by atoms with Crippen molar-refractivity contribution in [2.75, 3.05) is 18.2 Å². The van der Waals surface area contributed by atoms with Gasteiger partial charge in [0.15, 0.2) is 0 Å². The van der Waals surface area contributed by atoms with E-state index in [1.807, 2.05) is 13.0 Å². The van der Waals surface area contributed by atoms with Crippen molar-refractivity contribution in [1.82, 2.24) is 0 Å². The second-order valence-corrected chi connectivity index (χ2v) is 5.55. The molecule has 1 aliphatic carbocycles. The molecule has 17 heavy (non-hydrogen) atoms. The highest BCUT2D eigenvalue weighted by atomic mass is 16.5. The van der Waals surface area contributed by atoms with Crippen LogP contribution in [0, 0.1) is 12.3 Å². The number of hydrogen-bond acceptors (Lipinski definition) is 3. The highest BCUT2D eigenvalue weighted by Crippen LogP contribution is 2.44. The third-order valence-corrected chi connectivity index (χ3v) is 4.08. The molecule has 0 aliphatic heterocycles. The van der Waals surface area contributed by atoms with Crippen molar-refractivity contribution in [1.29, 1.82) is 0 Å². The minimum absolute atomic E-state index is 0.175. The Morgan fingerprint density at radius 2 is 2.12 bits per heavy atom. The molecule has 3 heteroatoms. The van der Waals surface area contributed by atoms with E-state index in [-0.39, 0.29) is 5.41 Å². The zero-order valence-corrected chi connectivity index (χ0v) is 11.1. The maximum atomic E-state index is 5.91. The van der Waals surface area contributed by atoms with Crippen LogP contribution in [0.15, 0.2) is 18.2 Å². The molecule has 1 aromatic rings. The number of ether oxygens (including phenoxy) is 1. The van der Waals surface area contributed by atoms with Crippen LogP contribution < -0.4 is 11.1 Å². The maximum absolute atomic E-state index is 5.91. The molecule has 0 spiro atoms. The summed E-state index contributed by atoms with van der Waals surface area (Å²) in [6, 6.07) is 6.60. The lowest BCUT2D eigenvalue weighted by atomic mass is 9.64. The van der Waals surface area contributed by atoms with Crippen molar-refractivity contribution in [3.8, 4) is 0 Å². The van der Waals surface area contributed by atoms with Gasteiger partial charge < -0.3 is 15.8 Å². The number of benzene rings is 1. The summed E-state index contributed by atoms with van der Waals surface area (Å²) < 4.78 is 5.45. The highest BCUT2D eigenvalue weighted by molar-refractivity contribution is 5.59. The number of nitrogen functional groups attached to an aromatic ring is 1. The number of methoxy groups -OCH3 is 1. The fraction of sp³-hybridized carbons (Fsp3) is 0.571. The monoisotopic (exact) mass is 234 g/mol. The van der Waals surface area contributed by atoms with Gasteiger partial charge in [-0.3, -0.25) is 0 Å². The Kier molecular flexibility index (Phi) is 3.04. The third kappa shape index (κ3) is 2.12. The molecule has 0 heterocycles. The van der Waals surface area contributed by atoms with Crippen molar-refractivity contribution in [2.45, 2.75) is 39.3 Å². The molecule has 1 aliphatic rings. The number of nitrogens with two attached hydrogens (primary N) is 1. The highest BCUT2D eigenvalue weighted by Gasteiger charge is 2.48. The molecule has 3 N–H and O–H groups in total. The molecule has 0 amide bonds. The topological polar surface area (TPSA) is 47.3 Å². The van der Waals surface area contributed by atoms with Crippen LogP contribution in [0.3, 0.4) is 0 Å². The molecule has 3 nitrogen and oxygen atoms in total. The van der Waals surface area contributed by atoms with Crippen LogP contribution in [-0.2, 0) is 4.74 Å². The van der Waals surface area contributed by atoms with Gasteiger partial charge in [-0.1, -0.05) is 19.9 Å². The third-order valence-electron chi connectivity index (χ3n) is 4.08. The van der Waals surface area contributed by atoms with Crippen molar-refractivity contribution in [3.05, 3.63) is 23.8 Å². The van der Waals surface area contributed by atoms with Crippen molar-refractivity contribution >= 4 is 11.4 Å². The predicted octanol–water partition coefficient (Wildman–Crippen LogP) is 2.80. The van der Waals surface area contributed by atoms with Gasteiger partial charge in [0.25, 0.3) is 0 Å². The first-order valence-electron chi connectivity index (χ1n) is 6.10. The normalized spacial score (nSPS) is 26.4. The van der Waals surface area contributed by atoms with Gasteiger partial charge in [-0.2, -0.15) is 0 Å². The fourth-order valence-electron chi connectivity index (χ4n) is 2.46. The molecule has 0 bridgehead atoms. The molecular weight excluding hydrogens is 212 g/mol. The molecule has 0 radical (unpaired) electrons. The van der Waals surface area contributed by atoms with Crippen LogP contribution in [0.1, 0.15) is 25.8 Å². The lowest BCUT2D eigenvalue weighted by molar-refractivity contribution is -0.0794. The summed E-state index contributed by atoms with van der Waals surface area (Å²) in [5.41, 5.74) is 9.15. The minimum atomic E-state index is 0.175. The Bertz CT molecular complexity index is 415. The molecule has 1 aromatic carbocycles. The van der Waals surface area contributed by atoms with E-state index in [0.717, 1.165) is 23.4 Å². The van der Waals surface area contributed by atoms with E-state index in [0.29, 0.717) is 12.1 Å². The van der Waals surface area contributed by atoms with E-state index in [4.69, 9.17) is 10.5 Å². The molecule has 2 rings (SSSR count). The van der Waals surface area contributed by atoms with Gasteiger partial charge in [0, 0.05) is 29.9 Å². The van der Waals surface area contributed by atoms with Crippen LogP contribution in [0.4, 0.5) is 11.4 Å². The summed E-state index contributed by atoms with van der Waals surface area (Å²) in [6.07, 6.45) is 1.40. The number of anilines is 2. The Morgan fingerprint density at radius 3 is 2.65 bits per heavy atom. The zero-order chi connectivity index (χ0) is 12.6. The molecule has 0 saturated heterocycles. The van der Waals surface area contributed by atoms with E-state index in [1.165, 1.54) is 0 Å². The second kappa shape index (κ2) is 4.22. The lowest BCUT2D eigenvalue weighted by Gasteiger charge is -2.51. The fourth-order valence-corrected chi connectivity index (χ4v) is 2.46. The zero-order valence-electron chi connectivity index (χ0n) is 11.1. The molecule has 94 valence electrons. The summed E-state index contributed by atoms with van der Waals surface area (Å²) >= 11 is 0. The van der Waals surface area contributed by atoms with Gasteiger partial charge in [-0.25, -0.2) is 0 Å². The van der Waals surface area contributed by atoms with Crippen molar-refractivity contribution < 1.29 is 4.74 Å². The Hall–Kier alpha value is -1.22. The van der Waals surface area contributed by atoms with E-state index < -0.39 is 0 Å². The van der Waals surface area contributed by atoms with E-state index in [9.17, 15) is 0 Å². The van der Waals surface area contributed by atoms with E-state index in [1.54, 1.807) is 7.11 Å². The van der Waals surface area contributed by atoms with Crippen LogP contribution >= 0.6 is 0 Å². The van der Waals surface area contributed by atoms with Crippen LogP contribution in [0.2, 0.25) is 0 Å². The average molecular weight is 234 g/mol. The van der Waals surface area contributed by atoms with Gasteiger partial charge in [-0.05, 0) is 31.0 Å². The average Bonchev–Trinajstić information content (AvgIpc) is 2.28. The maximum Gasteiger partial charge on any atom is 0.0661 e. The summed E-state index contributed by atoms with van der Waals surface area (Å²) in [7, 11) is 1.78. The van der Waals surface area contributed by atoms with Gasteiger partial charge in [0.05, 0.1) is 6.10 Å². The first-order chi connectivity index (χ1) is 7.95.